The molecule has 0 aliphatic carbocycles. The molecule has 7 heteroatoms. The van der Waals surface area contributed by atoms with E-state index >= 15 is 0 Å². The van der Waals surface area contributed by atoms with E-state index in [1.165, 1.54) is 37.6 Å². The third-order valence-corrected chi connectivity index (χ3v) is 3.95. The molecule has 0 fully saturated rings. The number of nitrogens with one attached hydrogen (secondary N) is 2. The molecule has 1 aromatic heterocycles. The van der Waals surface area contributed by atoms with Crippen LogP contribution in [0.15, 0.2) is 71.3 Å². The van der Waals surface area contributed by atoms with Crippen LogP contribution in [0.5, 0.6) is 0 Å². The first kappa shape index (κ1) is 18.9. The maximum Gasteiger partial charge on any atom is 0.337 e. The summed E-state index contributed by atoms with van der Waals surface area (Å²) < 4.78 is 9.80. The van der Waals surface area contributed by atoms with Crippen molar-refractivity contribution in [1.29, 1.82) is 0 Å². The van der Waals surface area contributed by atoms with Crippen LogP contribution in [0.25, 0.3) is 0 Å². The number of carbonyl (C=O) groups excluding carboxylic acids is 3. The van der Waals surface area contributed by atoms with Crippen molar-refractivity contribution >= 4 is 23.5 Å². The second-order valence-corrected chi connectivity index (χ2v) is 5.87. The quantitative estimate of drug-likeness (QED) is 0.642. The van der Waals surface area contributed by atoms with Gasteiger partial charge in [0.15, 0.2) is 0 Å². The number of rotatable bonds is 6. The monoisotopic (exact) mass is 378 g/mol. The van der Waals surface area contributed by atoms with Crippen molar-refractivity contribution in [3.8, 4) is 0 Å². The normalized spacial score (nSPS) is 10.2. The summed E-state index contributed by atoms with van der Waals surface area (Å²) in [5, 5.41) is 5.48. The van der Waals surface area contributed by atoms with Gasteiger partial charge in [-0.1, -0.05) is 6.07 Å². The number of benzene rings is 2. The molecule has 0 atom stereocenters. The van der Waals surface area contributed by atoms with Gasteiger partial charge in [-0.3, -0.25) is 9.59 Å². The predicted molar refractivity (Wildman–Crippen MR) is 102 cm³/mol. The van der Waals surface area contributed by atoms with Gasteiger partial charge in [0.2, 0.25) is 0 Å². The summed E-state index contributed by atoms with van der Waals surface area (Å²) in [6, 6.07) is 16.2. The molecule has 0 bridgehead atoms. The van der Waals surface area contributed by atoms with E-state index in [1.807, 2.05) is 0 Å². The number of furan rings is 1. The Morgan fingerprint density at radius 3 is 2.32 bits per heavy atom. The van der Waals surface area contributed by atoms with E-state index in [9.17, 15) is 14.4 Å². The zero-order valence-electron chi connectivity index (χ0n) is 15.1. The van der Waals surface area contributed by atoms with Crippen molar-refractivity contribution in [3.05, 3.63) is 89.4 Å². The molecule has 0 aliphatic rings. The van der Waals surface area contributed by atoms with Gasteiger partial charge in [-0.25, -0.2) is 4.79 Å². The lowest BCUT2D eigenvalue weighted by Crippen LogP contribution is -2.22. The minimum atomic E-state index is -0.472. The van der Waals surface area contributed by atoms with Gasteiger partial charge in [-0.05, 0) is 54.6 Å². The van der Waals surface area contributed by atoms with Crippen LogP contribution < -0.4 is 10.6 Å². The Morgan fingerprint density at radius 2 is 1.64 bits per heavy atom. The van der Waals surface area contributed by atoms with E-state index in [0.717, 1.165) is 0 Å². The summed E-state index contributed by atoms with van der Waals surface area (Å²) in [6.45, 7) is 0.273. The van der Waals surface area contributed by atoms with Gasteiger partial charge in [0.25, 0.3) is 11.8 Å². The molecule has 0 saturated carbocycles. The van der Waals surface area contributed by atoms with E-state index in [-0.39, 0.29) is 18.4 Å². The summed E-state index contributed by atoms with van der Waals surface area (Å²) in [5.74, 6) is -0.465. The molecule has 0 radical (unpaired) electrons. The lowest BCUT2D eigenvalue weighted by Gasteiger charge is -2.08. The zero-order valence-corrected chi connectivity index (χ0v) is 15.1. The van der Waals surface area contributed by atoms with Crippen molar-refractivity contribution in [3.63, 3.8) is 0 Å². The lowest BCUT2D eigenvalue weighted by molar-refractivity contribution is 0.0600. The number of carbonyl (C=O) groups is 3. The second-order valence-electron chi connectivity index (χ2n) is 5.87. The summed E-state index contributed by atoms with van der Waals surface area (Å²) in [7, 11) is 1.29. The van der Waals surface area contributed by atoms with Crippen molar-refractivity contribution in [1.82, 2.24) is 5.32 Å². The van der Waals surface area contributed by atoms with Crippen LogP contribution in [0.2, 0.25) is 0 Å². The fourth-order valence-corrected chi connectivity index (χ4v) is 2.50. The van der Waals surface area contributed by atoms with Gasteiger partial charge in [0, 0.05) is 16.8 Å². The molecule has 0 spiro atoms. The Bertz CT molecular complexity index is 978. The molecule has 2 aromatic carbocycles. The molecule has 0 unspecified atom stereocenters. The minimum Gasteiger partial charge on any atom is -0.467 e. The highest BCUT2D eigenvalue weighted by molar-refractivity contribution is 6.05. The molecule has 2 N–H and O–H groups in total. The average Bonchev–Trinajstić information content (AvgIpc) is 3.25. The lowest BCUT2D eigenvalue weighted by atomic mass is 10.1. The van der Waals surface area contributed by atoms with Gasteiger partial charge in [-0.2, -0.15) is 0 Å². The van der Waals surface area contributed by atoms with E-state index in [1.54, 1.807) is 36.4 Å². The Labute approximate surface area is 161 Å². The first-order chi connectivity index (χ1) is 13.6. The summed E-state index contributed by atoms with van der Waals surface area (Å²) in [4.78, 5) is 36.1. The fourth-order valence-electron chi connectivity index (χ4n) is 2.50. The highest BCUT2D eigenvalue weighted by Gasteiger charge is 2.11. The number of hydrogen-bond acceptors (Lipinski definition) is 5. The molecule has 3 aromatic rings. The molecular formula is C21H18N2O5. The van der Waals surface area contributed by atoms with Crippen LogP contribution in [0.1, 0.15) is 36.8 Å². The first-order valence-electron chi connectivity index (χ1n) is 8.47. The maximum atomic E-state index is 12.4. The standard InChI is InChI=1S/C21H18N2O5/c1-27-21(26)15-9-7-14(8-10-15)20(25)23-17-5-2-4-16(12-17)19(24)22-13-18-6-3-11-28-18/h2-12H,13H2,1H3,(H,22,24)(H,23,25). The fraction of sp³-hybridized carbons (Fsp3) is 0.0952. The Kier molecular flexibility index (Phi) is 5.86. The minimum absolute atomic E-state index is 0.273. The maximum absolute atomic E-state index is 12.4. The molecule has 0 saturated heterocycles. The van der Waals surface area contributed by atoms with Crippen LogP contribution >= 0.6 is 0 Å². The van der Waals surface area contributed by atoms with Crippen LogP contribution in [0, 0.1) is 0 Å². The van der Waals surface area contributed by atoms with Crippen molar-refractivity contribution in [2.75, 3.05) is 12.4 Å². The third-order valence-electron chi connectivity index (χ3n) is 3.95. The number of anilines is 1. The van der Waals surface area contributed by atoms with E-state index in [4.69, 9.17) is 4.42 Å². The van der Waals surface area contributed by atoms with Gasteiger partial charge >= 0.3 is 5.97 Å². The largest absolute Gasteiger partial charge is 0.467 e. The number of methoxy groups -OCH3 is 1. The Morgan fingerprint density at radius 1 is 0.893 bits per heavy atom. The molecular weight excluding hydrogens is 360 g/mol. The van der Waals surface area contributed by atoms with Crippen LogP contribution in [0.4, 0.5) is 5.69 Å². The average molecular weight is 378 g/mol. The number of hydrogen-bond donors (Lipinski definition) is 2. The third kappa shape index (κ3) is 4.64. The number of amides is 2. The first-order valence-corrected chi connectivity index (χ1v) is 8.47. The molecule has 7 nitrogen and oxygen atoms in total. The van der Waals surface area contributed by atoms with Crippen molar-refractivity contribution < 1.29 is 23.5 Å². The zero-order chi connectivity index (χ0) is 19.9. The van der Waals surface area contributed by atoms with E-state index in [2.05, 4.69) is 15.4 Å². The summed E-state index contributed by atoms with van der Waals surface area (Å²) in [5.41, 5.74) is 1.62. The van der Waals surface area contributed by atoms with Crippen molar-refractivity contribution in [2.45, 2.75) is 6.54 Å². The number of esters is 1. The number of ether oxygens (including phenoxy) is 1. The van der Waals surface area contributed by atoms with Crippen molar-refractivity contribution in [2.24, 2.45) is 0 Å². The SMILES string of the molecule is COC(=O)c1ccc(C(=O)Nc2cccc(C(=O)NCc3ccco3)c2)cc1. The second kappa shape index (κ2) is 8.68. The predicted octanol–water partition coefficient (Wildman–Crippen LogP) is 3.25. The smallest absolute Gasteiger partial charge is 0.337 e. The summed E-state index contributed by atoms with van der Waals surface area (Å²) >= 11 is 0. The molecule has 28 heavy (non-hydrogen) atoms. The van der Waals surface area contributed by atoms with Gasteiger partial charge in [0.05, 0.1) is 25.5 Å². The molecule has 142 valence electrons. The van der Waals surface area contributed by atoms with Crippen LogP contribution in [-0.4, -0.2) is 24.9 Å². The van der Waals surface area contributed by atoms with E-state index < -0.39 is 5.97 Å². The van der Waals surface area contributed by atoms with Gasteiger partial charge in [0.1, 0.15) is 5.76 Å². The molecule has 1 heterocycles. The van der Waals surface area contributed by atoms with Gasteiger partial charge < -0.3 is 19.8 Å². The van der Waals surface area contributed by atoms with Gasteiger partial charge in [-0.15, -0.1) is 0 Å². The van der Waals surface area contributed by atoms with E-state index in [0.29, 0.717) is 28.1 Å². The topological polar surface area (TPSA) is 97.6 Å². The highest BCUT2D eigenvalue weighted by Crippen LogP contribution is 2.14. The molecule has 2 amide bonds. The van der Waals surface area contributed by atoms with Crippen LogP contribution in [-0.2, 0) is 11.3 Å². The molecule has 3 rings (SSSR count). The Balaban J connectivity index is 1.64. The summed E-state index contributed by atoms with van der Waals surface area (Å²) in [6.07, 6.45) is 1.54. The highest BCUT2D eigenvalue weighted by atomic mass is 16.5. The molecule has 0 aliphatic heterocycles. The Hall–Kier alpha value is -3.87. The van der Waals surface area contributed by atoms with Crippen LogP contribution in [0.3, 0.4) is 0 Å².